The van der Waals surface area contributed by atoms with Crippen molar-refractivity contribution in [2.75, 3.05) is 47.5 Å². The molecule has 2 N–H and O–H groups in total. The van der Waals surface area contributed by atoms with Gasteiger partial charge in [-0.25, -0.2) is 10.9 Å². The summed E-state index contributed by atoms with van der Waals surface area (Å²) in [6.07, 6.45) is 2.12. The molecule has 2 heterocycles. The van der Waals surface area contributed by atoms with Crippen LogP contribution in [0.2, 0.25) is 0 Å². The highest BCUT2D eigenvalue weighted by Gasteiger charge is 2.31. The van der Waals surface area contributed by atoms with E-state index in [2.05, 4.69) is 27.9 Å². The summed E-state index contributed by atoms with van der Waals surface area (Å²) in [4.78, 5) is 17.5. The molecule has 0 radical (unpaired) electrons. The Hall–Kier alpha value is -2.81. The normalized spacial score (nSPS) is 21.8. The third-order valence-electron chi connectivity index (χ3n) is 6.30. The molecule has 0 bridgehead atoms. The summed E-state index contributed by atoms with van der Waals surface area (Å²) < 4.78 is 15.9. The number of ether oxygens (including phenoxy) is 3. The third-order valence-corrected chi connectivity index (χ3v) is 6.30. The zero-order valence-electron chi connectivity index (χ0n) is 19.0. The molecule has 32 heavy (non-hydrogen) atoms. The number of benzene rings is 2. The lowest BCUT2D eigenvalue weighted by Gasteiger charge is -2.27. The van der Waals surface area contributed by atoms with E-state index in [0.29, 0.717) is 23.6 Å². The van der Waals surface area contributed by atoms with Crippen molar-refractivity contribution in [2.24, 2.45) is 0 Å². The number of nitrogens with zero attached hydrogens (tertiary/aromatic N) is 2. The smallest absolute Gasteiger partial charge is 0.257 e. The van der Waals surface area contributed by atoms with Gasteiger partial charge in [0.05, 0.1) is 33.1 Å². The molecule has 0 spiro atoms. The van der Waals surface area contributed by atoms with E-state index < -0.39 is 0 Å². The fourth-order valence-electron chi connectivity index (χ4n) is 4.43. The van der Waals surface area contributed by atoms with Crippen LogP contribution in [-0.2, 0) is 0 Å². The largest absolute Gasteiger partial charge is 0.497 e. The van der Waals surface area contributed by atoms with Gasteiger partial charge in [-0.15, -0.1) is 0 Å². The molecular weight excluding hydrogens is 408 g/mol. The first-order valence-electron chi connectivity index (χ1n) is 11.0. The van der Waals surface area contributed by atoms with E-state index in [-0.39, 0.29) is 18.1 Å². The summed E-state index contributed by atoms with van der Waals surface area (Å²) in [7, 11) is 4.86. The number of carbonyl (C=O) groups excluding carboxylic acids is 1. The van der Waals surface area contributed by atoms with Crippen LogP contribution in [0.5, 0.6) is 17.2 Å². The van der Waals surface area contributed by atoms with Crippen LogP contribution in [0, 0.1) is 0 Å². The fraction of sp³-hybridized carbons (Fsp3) is 0.458. The molecule has 2 aromatic carbocycles. The van der Waals surface area contributed by atoms with Crippen LogP contribution < -0.4 is 25.1 Å². The maximum atomic E-state index is 13.2. The average molecular weight is 441 g/mol. The second kappa shape index (κ2) is 10.2. The Balaban J connectivity index is 1.36. The summed E-state index contributed by atoms with van der Waals surface area (Å²) >= 11 is 0. The molecule has 2 saturated heterocycles. The van der Waals surface area contributed by atoms with Crippen molar-refractivity contribution in [3.63, 3.8) is 0 Å². The monoisotopic (exact) mass is 440 g/mol. The molecule has 8 heteroatoms. The molecule has 1 amide bonds. The molecule has 2 unspecified atom stereocenters. The second-order valence-electron chi connectivity index (χ2n) is 8.11. The molecule has 2 aromatic rings. The number of hydrogen-bond acceptors (Lipinski definition) is 7. The van der Waals surface area contributed by atoms with E-state index >= 15 is 0 Å². The van der Waals surface area contributed by atoms with Gasteiger partial charge in [-0.05, 0) is 42.7 Å². The summed E-state index contributed by atoms with van der Waals surface area (Å²) in [5.41, 5.74) is 8.67. The number of hydrogen-bond donors (Lipinski definition) is 2. The second-order valence-corrected chi connectivity index (χ2v) is 8.11. The minimum atomic E-state index is -0.0000291. The number of carbonyl (C=O) groups is 1. The Morgan fingerprint density at radius 3 is 2.34 bits per heavy atom. The van der Waals surface area contributed by atoms with Crippen molar-refractivity contribution in [1.29, 1.82) is 0 Å². The molecule has 172 valence electrons. The third kappa shape index (κ3) is 4.82. The van der Waals surface area contributed by atoms with Crippen LogP contribution in [0.25, 0.3) is 0 Å². The lowest BCUT2D eigenvalue weighted by molar-refractivity contribution is 0.0753. The van der Waals surface area contributed by atoms with Gasteiger partial charge < -0.3 is 19.1 Å². The lowest BCUT2D eigenvalue weighted by Crippen LogP contribution is -2.46. The van der Waals surface area contributed by atoms with Crippen molar-refractivity contribution >= 4 is 5.91 Å². The summed E-state index contributed by atoms with van der Waals surface area (Å²) in [5, 5.41) is 0. The fourth-order valence-corrected chi connectivity index (χ4v) is 4.43. The van der Waals surface area contributed by atoms with E-state index in [1.165, 1.54) is 5.56 Å². The van der Waals surface area contributed by atoms with Crippen LogP contribution >= 0.6 is 0 Å². The molecule has 0 aromatic heterocycles. The topological polar surface area (TPSA) is 75.3 Å². The molecule has 2 aliphatic rings. The highest BCUT2D eigenvalue weighted by Crippen LogP contribution is 2.28. The zero-order chi connectivity index (χ0) is 22.5. The van der Waals surface area contributed by atoms with Crippen LogP contribution in [0.3, 0.4) is 0 Å². The Morgan fingerprint density at radius 1 is 0.875 bits per heavy atom. The average Bonchev–Trinajstić information content (AvgIpc) is 3.21. The van der Waals surface area contributed by atoms with E-state index in [4.69, 9.17) is 14.2 Å². The standard InChI is InChI=1S/C24H32N4O4/c1-30-18-7-5-17(6-8-18)21-16-23(26-25-21)27-11-4-12-28(14-13-27)24(29)20-10-9-19(31-2)15-22(20)32-3/h5-10,15,21,23,25-26H,4,11-14,16H2,1-3H3. The quantitative estimate of drug-likeness (QED) is 0.715. The number of methoxy groups -OCH3 is 3. The van der Waals surface area contributed by atoms with Crippen molar-refractivity contribution in [3.8, 4) is 17.2 Å². The van der Waals surface area contributed by atoms with Gasteiger partial charge in [0.25, 0.3) is 5.91 Å². The van der Waals surface area contributed by atoms with E-state index in [0.717, 1.165) is 38.2 Å². The number of rotatable bonds is 6. The van der Waals surface area contributed by atoms with Gasteiger partial charge in [0.1, 0.15) is 17.2 Å². The van der Waals surface area contributed by atoms with Gasteiger partial charge in [0.2, 0.25) is 0 Å². The Labute approximate surface area is 189 Å². The van der Waals surface area contributed by atoms with Crippen molar-refractivity contribution in [2.45, 2.75) is 25.0 Å². The molecule has 2 aliphatic heterocycles. The van der Waals surface area contributed by atoms with Gasteiger partial charge in [-0.2, -0.15) is 0 Å². The Bertz CT molecular complexity index is 921. The minimum Gasteiger partial charge on any atom is -0.497 e. The minimum absolute atomic E-state index is 0.0000291. The Morgan fingerprint density at radius 2 is 1.62 bits per heavy atom. The molecule has 8 nitrogen and oxygen atoms in total. The van der Waals surface area contributed by atoms with Gasteiger partial charge >= 0.3 is 0 Å². The van der Waals surface area contributed by atoms with Gasteiger partial charge in [0, 0.05) is 38.3 Å². The molecular formula is C24H32N4O4. The maximum Gasteiger partial charge on any atom is 0.257 e. The van der Waals surface area contributed by atoms with Gasteiger partial charge in [-0.3, -0.25) is 9.69 Å². The predicted octanol–water partition coefficient (Wildman–Crippen LogP) is 2.43. The highest BCUT2D eigenvalue weighted by molar-refractivity contribution is 5.97. The predicted molar refractivity (Wildman–Crippen MR) is 122 cm³/mol. The summed E-state index contributed by atoms with van der Waals surface area (Å²) in [5.74, 6) is 2.08. The molecule has 2 fully saturated rings. The Kier molecular flexibility index (Phi) is 7.14. The van der Waals surface area contributed by atoms with E-state index in [9.17, 15) is 4.79 Å². The van der Waals surface area contributed by atoms with Crippen LogP contribution in [0.1, 0.15) is 34.8 Å². The van der Waals surface area contributed by atoms with Crippen molar-refractivity contribution in [3.05, 3.63) is 53.6 Å². The lowest BCUT2D eigenvalue weighted by atomic mass is 10.0. The van der Waals surface area contributed by atoms with Gasteiger partial charge in [-0.1, -0.05) is 12.1 Å². The van der Waals surface area contributed by atoms with Gasteiger partial charge in [0.15, 0.2) is 0 Å². The van der Waals surface area contributed by atoms with E-state index in [1.54, 1.807) is 39.5 Å². The molecule has 0 aliphatic carbocycles. The summed E-state index contributed by atoms with van der Waals surface area (Å²) in [6, 6.07) is 13.8. The van der Waals surface area contributed by atoms with Crippen LogP contribution in [-0.4, -0.2) is 69.4 Å². The number of hydrazine groups is 1. The van der Waals surface area contributed by atoms with Crippen LogP contribution in [0.15, 0.2) is 42.5 Å². The van der Waals surface area contributed by atoms with Crippen molar-refractivity contribution < 1.29 is 19.0 Å². The summed E-state index contributed by atoms with van der Waals surface area (Å²) in [6.45, 7) is 3.17. The number of nitrogens with one attached hydrogen (secondary N) is 2. The van der Waals surface area contributed by atoms with Crippen molar-refractivity contribution in [1.82, 2.24) is 20.7 Å². The first kappa shape index (κ1) is 22.4. The first-order chi connectivity index (χ1) is 15.6. The molecule has 2 atom stereocenters. The SMILES string of the molecule is COc1ccc(C2CC(N3CCCN(C(=O)c4ccc(OC)cc4OC)CC3)NN2)cc1. The zero-order valence-corrected chi connectivity index (χ0v) is 19.0. The first-order valence-corrected chi connectivity index (χ1v) is 11.0. The van der Waals surface area contributed by atoms with Crippen LogP contribution in [0.4, 0.5) is 0 Å². The highest BCUT2D eigenvalue weighted by atomic mass is 16.5. The van der Waals surface area contributed by atoms with E-state index in [1.807, 2.05) is 17.0 Å². The molecule has 4 rings (SSSR count). The maximum absolute atomic E-state index is 13.2. The molecule has 0 saturated carbocycles. The number of amides is 1.